The van der Waals surface area contributed by atoms with Crippen LogP contribution in [0.25, 0.3) is 0 Å². The minimum atomic E-state index is -3.43. The molecule has 0 aromatic heterocycles. The summed E-state index contributed by atoms with van der Waals surface area (Å²) in [4.78, 5) is 12.8. The highest BCUT2D eigenvalue weighted by Gasteiger charge is 2.64. The largest absolute Gasteiger partial charge is 0.350 e. The zero-order valence-electron chi connectivity index (χ0n) is 13.7. The van der Waals surface area contributed by atoms with E-state index in [1.54, 1.807) is 16.4 Å². The van der Waals surface area contributed by atoms with Crippen molar-refractivity contribution in [3.63, 3.8) is 0 Å². The van der Waals surface area contributed by atoms with Gasteiger partial charge in [0.05, 0.1) is 4.90 Å². The molecule has 1 unspecified atom stereocenters. The minimum Gasteiger partial charge on any atom is -0.350 e. The second-order valence-electron chi connectivity index (χ2n) is 8.24. The number of piperidine rings is 1. The van der Waals surface area contributed by atoms with Gasteiger partial charge in [-0.15, -0.1) is 0 Å². The molecule has 0 spiro atoms. The van der Waals surface area contributed by atoms with E-state index in [0.717, 1.165) is 30.7 Å². The molecular formula is C18H22N2O3S. The summed E-state index contributed by atoms with van der Waals surface area (Å²) in [6.45, 7) is 2.90. The molecule has 128 valence electrons. The molecule has 1 heterocycles. The number of nitrogens with one attached hydrogen (secondary N) is 1. The van der Waals surface area contributed by atoms with Crippen LogP contribution in [0.1, 0.15) is 24.8 Å². The van der Waals surface area contributed by atoms with Crippen LogP contribution in [0.2, 0.25) is 0 Å². The van der Waals surface area contributed by atoms with Crippen LogP contribution in [0.3, 0.4) is 0 Å². The predicted octanol–water partition coefficient (Wildman–Crippen LogP) is 1.53. The number of benzene rings is 1. The van der Waals surface area contributed by atoms with Crippen molar-refractivity contribution in [3.05, 3.63) is 29.8 Å². The van der Waals surface area contributed by atoms with Gasteiger partial charge in [-0.05, 0) is 56.1 Å². The Hall–Kier alpha value is -1.40. The Balaban J connectivity index is 1.24. The molecule has 1 aromatic rings. The van der Waals surface area contributed by atoms with Gasteiger partial charge in [-0.25, -0.2) is 8.42 Å². The van der Waals surface area contributed by atoms with E-state index in [1.165, 1.54) is 0 Å². The standard InChI is InChI=1S/C18H22N2O3S/c1-11-2-4-13(5-3-11)24(22,23)20-9-14-15(10-20)16(14)17(21)19-18-6-12(7-18)8-18/h2-5,12,14-16H,6-10H2,1H3,(H,19,21)/t12?,14-,15+,16?,18?. The monoisotopic (exact) mass is 346 g/mol. The lowest BCUT2D eigenvalue weighted by Crippen LogP contribution is -2.68. The van der Waals surface area contributed by atoms with E-state index in [1.807, 2.05) is 19.1 Å². The van der Waals surface area contributed by atoms with Crippen molar-refractivity contribution in [1.82, 2.24) is 9.62 Å². The normalized spacial score (nSPS) is 39.5. The van der Waals surface area contributed by atoms with Gasteiger partial charge in [0.15, 0.2) is 0 Å². The molecule has 1 aliphatic heterocycles. The van der Waals surface area contributed by atoms with Crippen molar-refractivity contribution in [2.24, 2.45) is 23.7 Å². The van der Waals surface area contributed by atoms with Gasteiger partial charge in [0.2, 0.25) is 15.9 Å². The third-order valence-electron chi connectivity index (χ3n) is 6.55. The van der Waals surface area contributed by atoms with Crippen LogP contribution in [0.4, 0.5) is 0 Å². The highest BCUT2D eigenvalue weighted by molar-refractivity contribution is 7.89. The van der Waals surface area contributed by atoms with E-state index in [9.17, 15) is 13.2 Å². The van der Waals surface area contributed by atoms with Gasteiger partial charge < -0.3 is 5.32 Å². The minimum absolute atomic E-state index is 0.0310. The summed E-state index contributed by atoms with van der Waals surface area (Å²) >= 11 is 0. The van der Waals surface area contributed by atoms with Crippen LogP contribution in [0, 0.1) is 30.6 Å². The number of hydrogen-bond acceptors (Lipinski definition) is 3. The van der Waals surface area contributed by atoms with Crippen molar-refractivity contribution in [2.45, 2.75) is 36.6 Å². The van der Waals surface area contributed by atoms with Gasteiger partial charge in [-0.3, -0.25) is 4.79 Å². The van der Waals surface area contributed by atoms with Crippen LogP contribution in [-0.2, 0) is 14.8 Å². The first-order valence-corrected chi connectivity index (χ1v) is 10.2. The van der Waals surface area contributed by atoms with Gasteiger partial charge >= 0.3 is 0 Å². The maximum Gasteiger partial charge on any atom is 0.243 e. The van der Waals surface area contributed by atoms with E-state index < -0.39 is 10.0 Å². The summed E-state index contributed by atoms with van der Waals surface area (Å²) in [6, 6.07) is 6.98. The summed E-state index contributed by atoms with van der Waals surface area (Å²) in [5.74, 6) is 1.45. The zero-order chi connectivity index (χ0) is 16.7. The molecule has 5 aliphatic rings. The van der Waals surface area contributed by atoms with Gasteiger partial charge in [0.1, 0.15) is 0 Å². The molecule has 1 N–H and O–H groups in total. The Morgan fingerprint density at radius 2 is 1.71 bits per heavy atom. The molecule has 3 atom stereocenters. The Morgan fingerprint density at radius 3 is 2.21 bits per heavy atom. The number of nitrogens with zero attached hydrogens (tertiary/aromatic N) is 1. The molecule has 1 saturated heterocycles. The second-order valence-corrected chi connectivity index (χ2v) is 10.2. The quantitative estimate of drug-likeness (QED) is 0.899. The predicted molar refractivity (Wildman–Crippen MR) is 88.6 cm³/mol. The molecule has 2 bridgehead atoms. The maximum absolute atomic E-state index is 12.7. The molecule has 5 nitrogen and oxygen atoms in total. The van der Waals surface area contributed by atoms with Crippen molar-refractivity contribution >= 4 is 15.9 Å². The van der Waals surface area contributed by atoms with Crippen molar-refractivity contribution in [3.8, 4) is 0 Å². The molecule has 5 fully saturated rings. The first-order valence-electron chi connectivity index (χ1n) is 8.77. The van der Waals surface area contributed by atoms with Crippen LogP contribution in [0.5, 0.6) is 0 Å². The fourth-order valence-electron chi connectivity index (χ4n) is 4.91. The molecule has 4 saturated carbocycles. The van der Waals surface area contributed by atoms with Crippen molar-refractivity contribution in [1.29, 1.82) is 0 Å². The van der Waals surface area contributed by atoms with Crippen molar-refractivity contribution < 1.29 is 13.2 Å². The first-order chi connectivity index (χ1) is 11.4. The third-order valence-corrected chi connectivity index (χ3v) is 8.39. The topological polar surface area (TPSA) is 66.5 Å². The fourth-order valence-corrected chi connectivity index (χ4v) is 6.42. The highest BCUT2D eigenvalue weighted by Crippen LogP contribution is 2.58. The highest BCUT2D eigenvalue weighted by atomic mass is 32.2. The number of amides is 1. The Labute approximate surface area is 142 Å². The summed E-state index contributed by atoms with van der Waals surface area (Å²) in [7, 11) is -3.43. The Kier molecular flexibility index (Phi) is 2.86. The lowest BCUT2D eigenvalue weighted by Gasteiger charge is -2.62. The van der Waals surface area contributed by atoms with Gasteiger partial charge in [-0.1, -0.05) is 17.7 Å². The number of carbonyl (C=O) groups excluding carboxylic acids is 1. The zero-order valence-corrected chi connectivity index (χ0v) is 14.6. The summed E-state index contributed by atoms with van der Waals surface area (Å²) in [6.07, 6.45) is 3.44. The van der Waals surface area contributed by atoms with Crippen LogP contribution >= 0.6 is 0 Å². The van der Waals surface area contributed by atoms with E-state index >= 15 is 0 Å². The Bertz CT molecular complexity index is 788. The molecular weight excluding hydrogens is 324 g/mol. The van der Waals surface area contributed by atoms with Crippen LogP contribution in [0.15, 0.2) is 29.2 Å². The average molecular weight is 346 g/mol. The van der Waals surface area contributed by atoms with Crippen molar-refractivity contribution in [2.75, 3.05) is 13.1 Å². The summed E-state index contributed by atoms with van der Waals surface area (Å²) in [5.41, 5.74) is 1.16. The number of carbonyl (C=O) groups is 1. The molecule has 1 aromatic carbocycles. The molecule has 1 amide bonds. The molecule has 6 rings (SSSR count). The van der Waals surface area contributed by atoms with Gasteiger partial charge in [0.25, 0.3) is 0 Å². The average Bonchev–Trinajstić information content (AvgIpc) is 2.96. The lowest BCUT2D eigenvalue weighted by molar-refractivity contribution is -0.134. The second kappa shape index (κ2) is 4.61. The van der Waals surface area contributed by atoms with E-state index in [2.05, 4.69) is 5.32 Å². The van der Waals surface area contributed by atoms with E-state index in [-0.39, 0.29) is 29.2 Å². The van der Waals surface area contributed by atoms with Crippen LogP contribution in [-0.4, -0.2) is 37.3 Å². The number of fused-ring (bicyclic) bond motifs is 1. The fraction of sp³-hybridized carbons (Fsp3) is 0.611. The third kappa shape index (κ3) is 2.02. The molecule has 24 heavy (non-hydrogen) atoms. The van der Waals surface area contributed by atoms with E-state index in [0.29, 0.717) is 18.0 Å². The Morgan fingerprint density at radius 1 is 1.12 bits per heavy atom. The molecule has 0 radical (unpaired) electrons. The number of hydrogen-bond donors (Lipinski definition) is 1. The van der Waals surface area contributed by atoms with Gasteiger partial charge in [0, 0.05) is 24.5 Å². The maximum atomic E-state index is 12.7. The number of aryl methyl sites for hydroxylation is 1. The van der Waals surface area contributed by atoms with E-state index in [4.69, 9.17) is 0 Å². The number of sulfonamides is 1. The van der Waals surface area contributed by atoms with Gasteiger partial charge in [-0.2, -0.15) is 4.31 Å². The molecule has 4 aliphatic carbocycles. The molecule has 6 heteroatoms. The summed E-state index contributed by atoms with van der Waals surface area (Å²) < 4.78 is 27.0. The number of rotatable bonds is 4. The van der Waals surface area contributed by atoms with Crippen LogP contribution < -0.4 is 5.32 Å². The SMILES string of the molecule is Cc1ccc(S(=O)(=O)N2C[C@@H]3C(C(=O)NC45CC(C4)C5)[C@@H]3C2)cc1. The smallest absolute Gasteiger partial charge is 0.243 e. The first kappa shape index (κ1) is 14.9. The lowest BCUT2D eigenvalue weighted by atomic mass is 9.50. The summed E-state index contributed by atoms with van der Waals surface area (Å²) in [5, 5.41) is 3.23.